The predicted molar refractivity (Wildman–Crippen MR) is 334 cm³/mol. The van der Waals surface area contributed by atoms with Crippen LogP contribution < -0.4 is 32.7 Å². The lowest BCUT2D eigenvalue weighted by molar-refractivity contribution is -0.145. The molecule has 0 aliphatic carbocycles. The van der Waals surface area contributed by atoms with E-state index in [4.69, 9.17) is 23.7 Å². The lowest BCUT2D eigenvalue weighted by atomic mass is 9.86. The summed E-state index contributed by atoms with van der Waals surface area (Å²) in [6.45, 7) is 11.4. The molecular formula is C62H97N11O13S. The monoisotopic (exact) mass is 1240 g/mol. The van der Waals surface area contributed by atoms with Crippen molar-refractivity contribution in [1.82, 2.24) is 40.4 Å². The number of nitrogens with two attached hydrogens (primary N) is 2. The minimum Gasteiger partial charge on any atom is -0.480 e. The molecule has 25 heteroatoms. The van der Waals surface area contributed by atoms with Gasteiger partial charge in [-0.1, -0.05) is 95.2 Å². The number of likely N-dealkylation sites (tertiary alicyclic amines) is 1. The number of rotatable bonds is 36. The number of carboxylic acid groups (broad SMARTS) is 4. The highest BCUT2D eigenvalue weighted by Crippen LogP contribution is 2.25. The normalized spacial score (nSPS) is 18.0. The van der Waals surface area contributed by atoms with Crippen LogP contribution in [-0.2, 0) is 56.1 Å². The number of ketones is 1. The van der Waals surface area contributed by atoms with E-state index in [1.807, 2.05) is 52.0 Å². The Morgan fingerprint density at radius 3 is 1.64 bits per heavy atom. The van der Waals surface area contributed by atoms with Crippen LogP contribution in [0.5, 0.6) is 0 Å². The van der Waals surface area contributed by atoms with E-state index in [1.165, 1.54) is 4.90 Å². The zero-order chi connectivity index (χ0) is 64.0. The average molecular weight is 1240 g/mol. The highest BCUT2D eigenvalue weighted by Gasteiger charge is 2.40. The Balaban J connectivity index is 1.46. The number of anilines is 1. The lowest BCUT2D eigenvalue weighted by Gasteiger charge is -2.33. The van der Waals surface area contributed by atoms with Crippen molar-refractivity contribution in [1.29, 1.82) is 0 Å². The molecule has 0 bridgehead atoms. The van der Waals surface area contributed by atoms with Gasteiger partial charge >= 0.3 is 23.9 Å². The highest BCUT2D eigenvalue weighted by molar-refractivity contribution is 7.80. The van der Waals surface area contributed by atoms with Gasteiger partial charge in [-0.2, -0.15) is 0 Å². The molecule has 24 nitrogen and oxygen atoms in total. The number of thiocarbonyl (C=S) groups is 1. The second-order valence-electron chi connectivity index (χ2n) is 23.7. The van der Waals surface area contributed by atoms with Gasteiger partial charge in [-0.05, 0) is 99.6 Å². The van der Waals surface area contributed by atoms with Crippen LogP contribution in [0.25, 0.3) is 0 Å². The molecule has 2 aliphatic heterocycles. The topological polar surface area (TPSA) is 351 Å². The van der Waals surface area contributed by atoms with Gasteiger partial charge in [-0.15, -0.1) is 0 Å². The molecule has 0 spiro atoms. The van der Waals surface area contributed by atoms with E-state index in [1.54, 1.807) is 45.0 Å². The minimum atomic E-state index is -1.24. The summed E-state index contributed by atoms with van der Waals surface area (Å²) >= 11 is 5.87. The fourth-order valence-electron chi connectivity index (χ4n) is 11.2. The molecule has 87 heavy (non-hydrogen) atoms. The first-order chi connectivity index (χ1) is 41.5. The van der Waals surface area contributed by atoms with E-state index < -0.39 is 77.6 Å². The zero-order valence-corrected chi connectivity index (χ0v) is 52.2. The molecule has 2 heterocycles. The second-order valence-corrected chi connectivity index (χ2v) is 24.2. The number of unbranched alkanes of at least 4 members (excludes halogenated alkanes) is 2. The largest absolute Gasteiger partial charge is 0.480 e. The standard InChI is InChI=1S/C62H97N11O13S/c1-5-43(4)57(52(74)36-46(16-9-11-23-63)58(81)66-49(17-10-12-24-64)61(84)73-25-13-18-51(73)60(83)67-50(62(85)86)35-44-14-7-6-8-15-44)68-59(82)47(34-42(2)3)37-53(87)65-48-21-19-45(20-22-48)38-69-26-28-70(39-54(75)76)30-32-72(41-56(79)80)33-31-71(29-27-69)40-55(77)78/h6-8,14-15,19-22,42-43,46-47,49-51,57H,5,9-13,16-18,23-41,63-64H2,1-4H3,(H,65,87)(H,66,81)(H,67,83)(H,68,82)(H,75,76)(H,77,78)(H,79,80)(H,85,86)/t43-,46+,47+,49-,50-,51-,57-/m0/s1. The van der Waals surface area contributed by atoms with Crippen molar-refractivity contribution < 1.29 is 63.6 Å². The molecule has 12 N–H and O–H groups in total. The Bertz CT molecular complexity index is 2510. The molecular weight excluding hydrogens is 1140 g/mol. The number of Topliss-reactive ketones (excluding diaryl/α,β-unsaturated/α-hetero) is 1. The quantitative estimate of drug-likeness (QED) is 0.0346. The Morgan fingerprint density at radius 1 is 0.609 bits per heavy atom. The average Bonchev–Trinajstić information content (AvgIpc) is 2.36. The minimum absolute atomic E-state index is 0.0444. The van der Waals surface area contributed by atoms with Gasteiger partial charge in [0.2, 0.25) is 23.6 Å². The molecule has 2 aromatic rings. The van der Waals surface area contributed by atoms with Crippen molar-refractivity contribution in [2.24, 2.45) is 35.1 Å². The summed E-state index contributed by atoms with van der Waals surface area (Å²) in [6, 6.07) is 12.3. The van der Waals surface area contributed by atoms with Gasteiger partial charge in [0.25, 0.3) is 0 Å². The van der Waals surface area contributed by atoms with Crippen molar-refractivity contribution in [3.8, 4) is 0 Å². The third kappa shape index (κ3) is 26.8. The summed E-state index contributed by atoms with van der Waals surface area (Å²) in [6.07, 6.45) is 4.39. The van der Waals surface area contributed by atoms with Crippen molar-refractivity contribution in [2.45, 2.75) is 142 Å². The zero-order valence-electron chi connectivity index (χ0n) is 51.4. The first-order valence-electron chi connectivity index (χ1n) is 30.8. The molecule has 2 aromatic carbocycles. The van der Waals surface area contributed by atoms with Gasteiger partial charge in [0.05, 0.1) is 30.7 Å². The SMILES string of the molecule is CC[C@H](C)[C@H](NC(=O)[C@@H](CC(=S)Nc1ccc(CN2CCN(CC(=O)O)CCN(CC(=O)O)CCN(CC(=O)O)CC2)cc1)CC(C)C)C(=O)C[C@@H](CCCCN)C(=O)N[C@@H](CCCCN)C(=O)N1CCC[C@H]1C(=O)N[C@@H](Cc1ccccc1)C(=O)O. The number of amides is 4. The van der Waals surface area contributed by atoms with Gasteiger partial charge in [0.15, 0.2) is 5.78 Å². The number of nitrogens with one attached hydrogen (secondary N) is 4. The number of aliphatic carboxylic acids is 4. The van der Waals surface area contributed by atoms with E-state index >= 15 is 0 Å². The Hall–Kier alpha value is -6.48. The summed E-state index contributed by atoms with van der Waals surface area (Å²) in [5.74, 6) is -8.31. The summed E-state index contributed by atoms with van der Waals surface area (Å²) in [7, 11) is 0. The first kappa shape index (κ1) is 73.0. The predicted octanol–water partition coefficient (Wildman–Crippen LogP) is 3.11. The molecule has 4 rings (SSSR count). The molecule has 0 radical (unpaired) electrons. The lowest BCUT2D eigenvalue weighted by Crippen LogP contribution is -2.56. The molecule has 0 saturated carbocycles. The van der Waals surface area contributed by atoms with Gasteiger partial charge in [0.1, 0.15) is 18.1 Å². The van der Waals surface area contributed by atoms with Crippen LogP contribution in [0.1, 0.15) is 116 Å². The number of carbonyl (C=O) groups is 9. The molecule has 7 atom stereocenters. The van der Waals surface area contributed by atoms with Crippen molar-refractivity contribution in [3.05, 3.63) is 65.7 Å². The summed E-state index contributed by atoms with van der Waals surface area (Å²) in [4.78, 5) is 129. The highest BCUT2D eigenvalue weighted by atomic mass is 32.1. The molecule has 4 amide bonds. The molecule has 2 saturated heterocycles. The van der Waals surface area contributed by atoms with Crippen LogP contribution in [0, 0.1) is 23.7 Å². The summed E-state index contributed by atoms with van der Waals surface area (Å²) < 4.78 is 0. The van der Waals surface area contributed by atoms with E-state index in [9.17, 15) is 63.6 Å². The van der Waals surface area contributed by atoms with Crippen molar-refractivity contribution in [3.63, 3.8) is 0 Å². The van der Waals surface area contributed by atoms with Crippen LogP contribution in [0.4, 0.5) is 5.69 Å². The van der Waals surface area contributed by atoms with Crippen LogP contribution in [0.3, 0.4) is 0 Å². The number of carbonyl (C=O) groups excluding carboxylic acids is 5. The van der Waals surface area contributed by atoms with Gasteiger partial charge in [-0.25, -0.2) is 4.79 Å². The van der Waals surface area contributed by atoms with Crippen LogP contribution >= 0.6 is 12.2 Å². The number of benzene rings is 2. The van der Waals surface area contributed by atoms with Gasteiger partial charge < -0.3 is 58.1 Å². The second kappa shape index (κ2) is 38.7. The fraction of sp³-hybridized carbons (Fsp3) is 0.645. The molecule has 2 fully saturated rings. The third-order valence-electron chi connectivity index (χ3n) is 16.2. The van der Waals surface area contributed by atoms with E-state index in [0.29, 0.717) is 134 Å². The maximum Gasteiger partial charge on any atom is 0.326 e. The van der Waals surface area contributed by atoms with E-state index in [-0.39, 0.29) is 81.8 Å². The number of nitrogens with zero attached hydrogens (tertiary/aromatic N) is 5. The molecule has 484 valence electrons. The molecule has 0 aromatic heterocycles. The van der Waals surface area contributed by atoms with Gasteiger partial charge in [0, 0.05) is 102 Å². The number of carboxylic acids is 4. The summed E-state index contributed by atoms with van der Waals surface area (Å²) in [5.41, 5.74) is 14.0. The number of hydrogen-bond acceptors (Lipinski definition) is 16. The van der Waals surface area contributed by atoms with E-state index in [2.05, 4.69) is 26.2 Å². The maximum atomic E-state index is 14.6. The van der Waals surface area contributed by atoms with Crippen molar-refractivity contribution in [2.75, 3.05) is 96.9 Å². The third-order valence-corrected chi connectivity index (χ3v) is 16.5. The molecule has 0 unspecified atom stereocenters. The Labute approximate surface area is 517 Å². The Morgan fingerprint density at radius 2 is 1.14 bits per heavy atom. The van der Waals surface area contributed by atoms with Crippen LogP contribution in [0.2, 0.25) is 0 Å². The Kier molecular flexibility index (Phi) is 32.5. The van der Waals surface area contributed by atoms with Crippen molar-refractivity contribution >= 4 is 76.2 Å². The fourth-order valence-corrected chi connectivity index (χ4v) is 11.5. The smallest absolute Gasteiger partial charge is 0.326 e. The first-order valence-corrected chi connectivity index (χ1v) is 31.3. The van der Waals surface area contributed by atoms with Gasteiger partial charge in [-0.3, -0.25) is 58.0 Å². The number of hydrogen-bond donors (Lipinski definition) is 10. The van der Waals surface area contributed by atoms with Crippen LogP contribution in [-0.4, -0.2) is 219 Å². The molecule has 2 aliphatic rings. The van der Waals surface area contributed by atoms with Crippen LogP contribution in [0.15, 0.2) is 54.6 Å². The maximum absolute atomic E-state index is 14.6. The van der Waals surface area contributed by atoms with E-state index in [0.717, 1.165) is 11.1 Å². The summed E-state index contributed by atoms with van der Waals surface area (Å²) in [5, 5.41) is 50.8.